The molecule has 1 aromatic heterocycles. The van der Waals surface area contributed by atoms with E-state index >= 15 is 0 Å². The van der Waals surface area contributed by atoms with Gasteiger partial charge in [-0.15, -0.1) is 5.10 Å². The van der Waals surface area contributed by atoms with E-state index in [9.17, 15) is 9.59 Å². The second-order valence-corrected chi connectivity index (χ2v) is 4.68. The molecule has 0 saturated heterocycles. The van der Waals surface area contributed by atoms with E-state index in [1.807, 2.05) is 0 Å². The number of hydrogen-bond acceptors (Lipinski definition) is 4. The molecule has 0 unspecified atom stereocenters. The Bertz CT molecular complexity index is 410. The Morgan fingerprint density at radius 2 is 2.22 bits per heavy atom. The van der Waals surface area contributed by atoms with Crippen LogP contribution < -0.4 is 5.32 Å². The molecule has 1 aliphatic carbocycles. The Morgan fingerprint density at radius 3 is 2.89 bits per heavy atom. The maximum atomic E-state index is 11.7. The molecule has 0 aliphatic heterocycles. The van der Waals surface area contributed by atoms with E-state index in [0.29, 0.717) is 31.0 Å². The van der Waals surface area contributed by atoms with Gasteiger partial charge >= 0.3 is 0 Å². The molecule has 0 radical (unpaired) electrons. The Labute approximate surface area is 106 Å². The summed E-state index contributed by atoms with van der Waals surface area (Å²) in [7, 11) is 0. The average molecular weight is 250 g/mol. The third-order valence-corrected chi connectivity index (χ3v) is 3.22. The highest BCUT2D eigenvalue weighted by atomic mass is 16.1. The largest absolute Gasteiger partial charge is 0.353 e. The van der Waals surface area contributed by atoms with E-state index in [1.54, 1.807) is 6.20 Å². The zero-order valence-corrected chi connectivity index (χ0v) is 10.3. The van der Waals surface area contributed by atoms with Gasteiger partial charge in [0.15, 0.2) is 6.29 Å². The number of aryl methyl sites for hydroxylation is 1. The van der Waals surface area contributed by atoms with Crippen molar-refractivity contribution in [2.45, 2.75) is 51.1 Å². The van der Waals surface area contributed by atoms with E-state index < -0.39 is 0 Å². The van der Waals surface area contributed by atoms with Gasteiger partial charge in [-0.1, -0.05) is 24.5 Å². The Hall–Kier alpha value is -1.72. The summed E-state index contributed by atoms with van der Waals surface area (Å²) < 4.78 is 1.52. The quantitative estimate of drug-likeness (QED) is 0.789. The molecule has 1 amide bonds. The molecule has 1 N–H and O–H groups in total. The van der Waals surface area contributed by atoms with Gasteiger partial charge in [-0.2, -0.15) is 0 Å². The fourth-order valence-electron chi connectivity index (χ4n) is 2.24. The molecule has 0 bridgehead atoms. The lowest BCUT2D eigenvalue weighted by atomic mass is 9.95. The van der Waals surface area contributed by atoms with Crippen molar-refractivity contribution in [3.63, 3.8) is 0 Å². The number of amides is 1. The molecule has 1 saturated carbocycles. The lowest BCUT2D eigenvalue weighted by molar-refractivity contribution is -0.122. The highest BCUT2D eigenvalue weighted by molar-refractivity contribution is 5.76. The van der Waals surface area contributed by atoms with Crippen LogP contribution in [0, 0.1) is 0 Å². The van der Waals surface area contributed by atoms with Gasteiger partial charge in [-0.25, -0.2) is 0 Å². The predicted molar refractivity (Wildman–Crippen MR) is 65.0 cm³/mol. The fourth-order valence-corrected chi connectivity index (χ4v) is 2.24. The Balaban J connectivity index is 1.72. The van der Waals surface area contributed by atoms with E-state index in [2.05, 4.69) is 15.6 Å². The van der Waals surface area contributed by atoms with Crippen molar-refractivity contribution in [3.8, 4) is 0 Å². The smallest absolute Gasteiger partial charge is 0.222 e. The van der Waals surface area contributed by atoms with Crippen LogP contribution in [0.15, 0.2) is 6.20 Å². The normalized spacial score (nSPS) is 16.4. The molecule has 1 heterocycles. The summed E-state index contributed by atoms with van der Waals surface area (Å²) in [6.45, 7) is 0.458. The van der Waals surface area contributed by atoms with Gasteiger partial charge in [-0.3, -0.25) is 14.3 Å². The van der Waals surface area contributed by atoms with Crippen molar-refractivity contribution in [2.75, 3.05) is 0 Å². The number of aromatic nitrogens is 3. The van der Waals surface area contributed by atoms with Crippen molar-refractivity contribution in [2.24, 2.45) is 0 Å². The van der Waals surface area contributed by atoms with Crippen LogP contribution >= 0.6 is 0 Å². The fraction of sp³-hybridized carbons (Fsp3) is 0.667. The lowest BCUT2D eigenvalue weighted by Crippen LogP contribution is -2.36. The van der Waals surface area contributed by atoms with Crippen LogP contribution in [0.5, 0.6) is 0 Å². The summed E-state index contributed by atoms with van der Waals surface area (Å²) in [6, 6.07) is 0.340. The van der Waals surface area contributed by atoms with E-state index in [-0.39, 0.29) is 5.91 Å². The predicted octanol–water partition coefficient (Wildman–Crippen LogP) is 0.930. The zero-order valence-electron chi connectivity index (χ0n) is 10.3. The highest BCUT2D eigenvalue weighted by Crippen LogP contribution is 2.17. The first kappa shape index (κ1) is 12.7. The van der Waals surface area contributed by atoms with Crippen molar-refractivity contribution < 1.29 is 9.59 Å². The van der Waals surface area contributed by atoms with Crippen molar-refractivity contribution >= 4 is 12.2 Å². The highest BCUT2D eigenvalue weighted by Gasteiger charge is 2.15. The topological polar surface area (TPSA) is 76.9 Å². The third-order valence-electron chi connectivity index (χ3n) is 3.22. The number of aldehydes is 1. The SMILES string of the molecule is O=Cc1cn(CCC(=O)NC2CCCCC2)nn1. The van der Waals surface area contributed by atoms with E-state index in [1.165, 1.54) is 23.9 Å². The first-order valence-electron chi connectivity index (χ1n) is 6.42. The van der Waals surface area contributed by atoms with Gasteiger partial charge < -0.3 is 5.32 Å². The monoisotopic (exact) mass is 250 g/mol. The van der Waals surface area contributed by atoms with E-state index in [0.717, 1.165) is 12.8 Å². The third kappa shape index (κ3) is 3.65. The lowest BCUT2D eigenvalue weighted by Gasteiger charge is -2.22. The van der Waals surface area contributed by atoms with Gasteiger partial charge in [0.1, 0.15) is 5.69 Å². The molecule has 6 heteroatoms. The molecule has 98 valence electrons. The van der Waals surface area contributed by atoms with Crippen LogP contribution in [0.2, 0.25) is 0 Å². The summed E-state index contributed by atoms with van der Waals surface area (Å²) in [4.78, 5) is 22.1. The van der Waals surface area contributed by atoms with Crippen LogP contribution in [-0.2, 0) is 11.3 Å². The molecule has 1 fully saturated rings. The molecule has 6 nitrogen and oxygen atoms in total. The maximum absolute atomic E-state index is 11.7. The molecule has 0 spiro atoms. The molecule has 18 heavy (non-hydrogen) atoms. The van der Waals surface area contributed by atoms with Crippen LogP contribution in [0.3, 0.4) is 0 Å². The molecule has 1 aliphatic rings. The number of rotatable bonds is 5. The Kier molecular flexibility index (Phi) is 4.44. The van der Waals surface area contributed by atoms with Gasteiger partial charge in [0.2, 0.25) is 5.91 Å². The minimum atomic E-state index is 0.0463. The van der Waals surface area contributed by atoms with Crippen LogP contribution in [-0.4, -0.2) is 33.2 Å². The minimum absolute atomic E-state index is 0.0463. The first-order valence-corrected chi connectivity index (χ1v) is 6.42. The molecule has 2 rings (SSSR count). The standard InChI is InChI=1S/C12H18N4O2/c17-9-11-8-16(15-14-11)7-6-12(18)13-10-4-2-1-3-5-10/h8-10H,1-7H2,(H,13,18). The summed E-state index contributed by atoms with van der Waals surface area (Å²) in [5.74, 6) is 0.0463. The number of nitrogens with one attached hydrogen (secondary N) is 1. The number of nitrogens with zero attached hydrogens (tertiary/aromatic N) is 3. The minimum Gasteiger partial charge on any atom is -0.353 e. The summed E-state index contributed by atoms with van der Waals surface area (Å²) in [5, 5.41) is 10.4. The van der Waals surface area contributed by atoms with Crippen molar-refractivity contribution in [1.29, 1.82) is 0 Å². The first-order chi connectivity index (χ1) is 8.78. The molecular weight excluding hydrogens is 232 g/mol. The summed E-state index contributed by atoms with van der Waals surface area (Å²) >= 11 is 0. The average Bonchev–Trinajstić information content (AvgIpc) is 2.85. The molecular formula is C12H18N4O2. The van der Waals surface area contributed by atoms with Gasteiger partial charge in [-0.05, 0) is 12.8 Å². The van der Waals surface area contributed by atoms with E-state index in [4.69, 9.17) is 0 Å². The van der Waals surface area contributed by atoms with Crippen molar-refractivity contribution in [3.05, 3.63) is 11.9 Å². The summed E-state index contributed by atoms with van der Waals surface area (Å²) in [5.41, 5.74) is 0.294. The van der Waals surface area contributed by atoms with Crippen LogP contribution in [0.1, 0.15) is 49.0 Å². The second kappa shape index (κ2) is 6.28. The van der Waals surface area contributed by atoms with Crippen LogP contribution in [0.4, 0.5) is 0 Å². The number of carbonyl (C=O) groups is 2. The number of hydrogen-bond donors (Lipinski definition) is 1. The summed E-state index contributed by atoms with van der Waals surface area (Å²) in [6.07, 6.45) is 8.42. The maximum Gasteiger partial charge on any atom is 0.222 e. The van der Waals surface area contributed by atoms with Crippen LogP contribution in [0.25, 0.3) is 0 Å². The number of carbonyl (C=O) groups excluding carboxylic acids is 2. The van der Waals surface area contributed by atoms with Gasteiger partial charge in [0, 0.05) is 12.5 Å². The van der Waals surface area contributed by atoms with Crippen molar-refractivity contribution in [1.82, 2.24) is 20.3 Å². The zero-order chi connectivity index (χ0) is 12.8. The van der Waals surface area contributed by atoms with Gasteiger partial charge in [0.05, 0.1) is 12.7 Å². The second-order valence-electron chi connectivity index (χ2n) is 4.68. The Morgan fingerprint density at radius 1 is 1.44 bits per heavy atom. The molecule has 0 aromatic carbocycles. The van der Waals surface area contributed by atoms with Gasteiger partial charge in [0.25, 0.3) is 0 Å². The molecule has 1 aromatic rings. The molecule has 0 atom stereocenters.